The van der Waals surface area contributed by atoms with Crippen LogP contribution >= 0.6 is 0 Å². The first-order chi connectivity index (χ1) is 15.0. The zero-order chi connectivity index (χ0) is 21.8. The topological polar surface area (TPSA) is 70.2 Å². The fourth-order valence-electron chi connectivity index (χ4n) is 4.38. The molecule has 31 heavy (non-hydrogen) atoms. The second kappa shape index (κ2) is 9.28. The Bertz CT molecular complexity index is 1000. The molecule has 166 valence electrons. The van der Waals surface area contributed by atoms with Crippen LogP contribution in [0.2, 0.25) is 0 Å². The number of carbonyl (C=O) groups is 1. The quantitative estimate of drug-likeness (QED) is 0.684. The minimum atomic E-state index is -3.39. The summed E-state index contributed by atoms with van der Waals surface area (Å²) in [4.78, 5) is 16.9. The first-order valence-electron chi connectivity index (χ1n) is 10.7. The second-order valence-electron chi connectivity index (χ2n) is 8.01. The number of aryl methyl sites for hydroxylation is 1. The van der Waals surface area contributed by atoms with Gasteiger partial charge in [0.15, 0.2) is 0 Å². The van der Waals surface area contributed by atoms with Crippen molar-refractivity contribution in [2.45, 2.75) is 18.6 Å². The molecule has 2 aromatic rings. The molecule has 4 rings (SSSR count). The third-order valence-electron chi connectivity index (χ3n) is 6.00. The summed E-state index contributed by atoms with van der Waals surface area (Å²) in [5.74, 6) is 0.812. The van der Waals surface area contributed by atoms with Crippen molar-refractivity contribution in [3.8, 4) is 5.75 Å². The zero-order valence-corrected chi connectivity index (χ0v) is 18.7. The van der Waals surface area contributed by atoms with Crippen LogP contribution in [-0.4, -0.2) is 69.9 Å². The maximum absolute atomic E-state index is 13.0. The highest BCUT2D eigenvalue weighted by Gasteiger charge is 2.30. The number of fused-ring (bicyclic) bond motifs is 1. The van der Waals surface area contributed by atoms with Gasteiger partial charge in [-0.15, -0.1) is 0 Å². The standard InChI is InChI=1S/C23H29N3O4S/c1-30-21-11-5-9-20-10-6-12-25(23(20)21)17-22(27)24-13-15-26(16-14-24)31(28,29)18-19-7-3-2-4-8-19/h2-5,7-9,11H,6,10,12-18H2,1H3. The third kappa shape index (κ3) is 4.85. The van der Waals surface area contributed by atoms with E-state index >= 15 is 0 Å². The van der Waals surface area contributed by atoms with Crippen LogP contribution in [0.1, 0.15) is 17.5 Å². The molecule has 0 bridgehead atoms. The van der Waals surface area contributed by atoms with Gasteiger partial charge in [-0.25, -0.2) is 8.42 Å². The Balaban J connectivity index is 1.37. The Morgan fingerprint density at radius 2 is 1.71 bits per heavy atom. The normalized spacial score (nSPS) is 17.3. The van der Waals surface area contributed by atoms with Crippen molar-refractivity contribution in [1.29, 1.82) is 0 Å². The van der Waals surface area contributed by atoms with Crippen molar-refractivity contribution in [3.63, 3.8) is 0 Å². The van der Waals surface area contributed by atoms with Gasteiger partial charge in [-0.2, -0.15) is 4.31 Å². The minimum Gasteiger partial charge on any atom is -0.495 e. The molecule has 0 saturated carbocycles. The van der Waals surface area contributed by atoms with Gasteiger partial charge in [0.05, 0.1) is 25.1 Å². The molecular weight excluding hydrogens is 414 g/mol. The molecule has 0 radical (unpaired) electrons. The largest absolute Gasteiger partial charge is 0.495 e. The molecule has 1 amide bonds. The van der Waals surface area contributed by atoms with E-state index in [1.165, 1.54) is 9.87 Å². The van der Waals surface area contributed by atoms with E-state index in [0.29, 0.717) is 26.2 Å². The number of methoxy groups -OCH3 is 1. The summed E-state index contributed by atoms with van der Waals surface area (Å²) in [6, 6.07) is 15.2. The summed E-state index contributed by atoms with van der Waals surface area (Å²) in [6.07, 6.45) is 1.98. The summed E-state index contributed by atoms with van der Waals surface area (Å²) in [6.45, 7) is 2.59. The molecule has 0 atom stereocenters. The molecule has 0 aromatic heterocycles. The minimum absolute atomic E-state index is 0.00779. The van der Waals surface area contributed by atoms with E-state index in [1.807, 2.05) is 42.5 Å². The van der Waals surface area contributed by atoms with Crippen LogP contribution in [0.25, 0.3) is 0 Å². The number of piperazine rings is 1. The fourth-order valence-corrected chi connectivity index (χ4v) is 5.89. The smallest absolute Gasteiger partial charge is 0.242 e. The Morgan fingerprint density at radius 3 is 2.42 bits per heavy atom. The van der Waals surface area contributed by atoms with Crippen LogP contribution in [-0.2, 0) is 27.0 Å². The Morgan fingerprint density at radius 1 is 0.968 bits per heavy atom. The monoisotopic (exact) mass is 443 g/mol. The number of hydrogen-bond donors (Lipinski definition) is 0. The number of rotatable bonds is 6. The highest BCUT2D eigenvalue weighted by molar-refractivity contribution is 7.88. The number of nitrogens with zero attached hydrogens (tertiary/aromatic N) is 3. The number of anilines is 1. The molecular formula is C23H29N3O4S. The summed E-state index contributed by atoms with van der Waals surface area (Å²) in [5.41, 5.74) is 2.99. The number of carbonyl (C=O) groups excluding carboxylic acids is 1. The van der Waals surface area contributed by atoms with Gasteiger partial charge in [0, 0.05) is 32.7 Å². The van der Waals surface area contributed by atoms with E-state index in [2.05, 4.69) is 11.0 Å². The number of sulfonamides is 1. The molecule has 2 aliphatic heterocycles. The number of benzene rings is 2. The van der Waals surface area contributed by atoms with Crippen molar-refractivity contribution in [2.75, 3.05) is 51.3 Å². The van der Waals surface area contributed by atoms with Crippen molar-refractivity contribution in [3.05, 3.63) is 59.7 Å². The average Bonchev–Trinajstić information content (AvgIpc) is 2.79. The number of amides is 1. The van der Waals surface area contributed by atoms with Gasteiger partial charge in [0.2, 0.25) is 15.9 Å². The maximum atomic E-state index is 13.0. The van der Waals surface area contributed by atoms with Gasteiger partial charge >= 0.3 is 0 Å². The second-order valence-corrected chi connectivity index (χ2v) is 9.98. The lowest BCUT2D eigenvalue weighted by Gasteiger charge is -2.37. The maximum Gasteiger partial charge on any atom is 0.242 e. The zero-order valence-electron chi connectivity index (χ0n) is 17.9. The first-order valence-corrected chi connectivity index (χ1v) is 12.3. The predicted octanol–water partition coefficient (Wildman–Crippen LogP) is 2.12. The van der Waals surface area contributed by atoms with E-state index in [9.17, 15) is 13.2 Å². The van der Waals surface area contributed by atoms with Gasteiger partial charge in [0.1, 0.15) is 5.75 Å². The van der Waals surface area contributed by atoms with Crippen LogP contribution in [0, 0.1) is 0 Å². The lowest BCUT2D eigenvalue weighted by Crippen LogP contribution is -2.53. The van der Waals surface area contributed by atoms with Crippen molar-refractivity contribution in [1.82, 2.24) is 9.21 Å². The molecule has 8 heteroatoms. The van der Waals surface area contributed by atoms with Crippen LogP contribution in [0.3, 0.4) is 0 Å². The van der Waals surface area contributed by atoms with Gasteiger partial charge in [0.25, 0.3) is 0 Å². The molecule has 1 fully saturated rings. The molecule has 0 spiro atoms. The Kier molecular flexibility index (Phi) is 6.48. The number of para-hydroxylation sites is 1. The number of hydrogen-bond acceptors (Lipinski definition) is 5. The van der Waals surface area contributed by atoms with E-state index < -0.39 is 10.0 Å². The Hall–Kier alpha value is -2.58. The van der Waals surface area contributed by atoms with Crippen LogP contribution < -0.4 is 9.64 Å². The molecule has 0 N–H and O–H groups in total. The van der Waals surface area contributed by atoms with Crippen molar-refractivity contribution >= 4 is 21.6 Å². The van der Waals surface area contributed by atoms with E-state index in [4.69, 9.17) is 4.74 Å². The highest BCUT2D eigenvalue weighted by atomic mass is 32.2. The lowest BCUT2D eigenvalue weighted by molar-refractivity contribution is -0.130. The highest BCUT2D eigenvalue weighted by Crippen LogP contribution is 2.36. The van der Waals surface area contributed by atoms with E-state index in [1.54, 1.807) is 12.0 Å². The lowest BCUT2D eigenvalue weighted by atomic mass is 10.0. The summed E-state index contributed by atoms with van der Waals surface area (Å²) in [7, 11) is -1.74. The van der Waals surface area contributed by atoms with Gasteiger partial charge in [-0.3, -0.25) is 4.79 Å². The molecule has 1 saturated heterocycles. The van der Waals surface area contributed by atoms with Gasteiger partial charge in [-0.05, 0) is 30.0 Å². The average molecular weight is 444 g/mol. The van der Waals surface area contributed by atoms with Crippen molar-refractivity contribution < 1.29 is 17.9 Å². The van der Waals surface area contributed by atoms with E-state index in [-0.39, 0.29) is 18.2 Å². The summed E-state index contributed by atoms with van der Waals surface area (Å²) < 4.78 is 32.5. The fraction of sp³-hybridized carbons (Fsp3) is 0.435. The third-order valence-corrected chi connectivity index (χ3v) is 7.85. The Labute approximate surface area is 184 Å². The summed E-state index contributed by atoms with van der Waals surface area (Å²) >= 11 is 0. The van der Waals surface area contributed by atoms with Crippen LogP contribution in [0.4, 0.5) is 5.69 Å². The molecule has 2 aromatic carbocycles. The SMILES string of the molecule is COc1cccc2c1N(CC(=O)N1CCN(S(=O)(=O)Cc3ccccc3)CC1)CCC2. The van der Waals surface area contributed by atoms with Crippen LogP contribution in [0.5, 0.6) is 5.75 Å². The molecule has 2 heterocycles. The van der Waals surface area contributed by atoms with E-state index in [0.717, 1.165) is 36.4 Å². The molecule has 2 aliphatic rings. The van der Waals surface area contributed by atoms with Gasteiger partial charge in [-0.1, -0.05) is 42.5 Å². The van der Waals surface area contributed by atoms with Gasteiger partial charge < -0.3 is 14.5 Å². The number of ether oxygens (including phenoxy) is 1. The molecule has 0 unspecified atom stereocenters. The first kappa shape index (κ1) is 21.6. The summed E-state index contributed by atoms with van der Waals surface area (Å²) in [5, 5.41) is 0. The van der Waals surface area contributed by atoms with Crippen molar-refractivity contribution in [2.24, 2.45) is 0 Å². The predicted molar refractivity (Wildman–Crippen MR) is 121 cm³/mol. The molecule has 0 aliphatic carbocycles. The van der Waals surface area contributed by atoms with Crippen LogP contribution in [0.15, 0.2) is 48.5 Å². The molecule has 7 nitrogen and oxygen atoms in total.